The topological polar surface area (TPSA) is 420 Å². The summed E-state index contributed by atoms with van der Waals surface area (Å²) in [6.45, 7) is 10.2. The third-order valence-corrected chi connectivity index (χ3v) is 29.6. The summed E-state index contributed by atoms with van der Waals surface area (Å²) in [7, 11) is -5.08. The Labute approximate surface area is 665 Å². The summed E-state index contributed by atoms with van der Waals surface area (Å²) in [5.74, 6) is -2.84. The van der Waals surface area contributed by atoms with Crippen LogP contribution in [0.3, 0.4) is 0 Å². The maximum absolute atomic E-state index is 13.3. The summed E-state index contributed by atoms with van der Waals surface area (Å²) < 4.78 is 20.5. The molecule has 0 aromatic rings. The number of aliphatic carboxylic acids is 2. The van der Waals surface area contributed by atoms with Crippen LogP contribution in [0.25, 0.3) is 0 Å². The standard InChI is InChI=1S/C29H42O6.C21H31O8P.C21H30O5.C4H6O4.3Na/c1-27-13-11-20(30)15-19(27)8-9-21-22-12-14-29(34,28(22,2)16-23(31)26(21)27)24(32)17-35-25(33)10-7-18-5-3-4-6-18;1-19-7-5-13(22)9-12(19)3-4-14-15-6-8-21(25,17(24)11-29-30(26,27)28)20(15,2)10-16(23)18(14)19;1-19-7-5-13(23)9-12(19)3-4-14-15-6-8-21(26,17(25)11-22)20(15,2)10-16(24)18(14)19;5-3(6)1-2-4(7)8;;;/h15,18,21-23,26,31,34H,3-14,16-17H2,1-2H3;9,14-16,18,23,25H,3-8,10-11H2,1-2H3,(H2,26,27,28);9,14-16,18,22,24,26H,3-8,10-11H2,1-2H3;1-2H2,(H,5,6)(H,7,8);;;/q;;;;3*+1/p-3/t21-,22-,23-,26+,27-,28-,29-;2*14-,15-,16-,18+,19-,20-,21-;;;;/m000..../s1. The molecule has 10 saturated carbocycles. The van der Waals surface area contributed by atoms with Crippen molar-refractivity contribution < 1.29 is 201 Å². The third-order valence-electron chi connectivity index (χ3n) is 29.2. The van der Waals surface area contributed by atoms with Gasteiger partial charge in [-0.1, -0.05) is 83.9 Å². The zero-order chi connectivity index (χ0) is 72.6. The van der Waals surface area contributed by atoms with Gasteiger partial charge in [-0.3, -0.25) is 38.1 Å². The zero-order valence-corrected chi connectivity index (χ0v) is 68.4. The van der Waals surface area contributed by atoms with Gasteiger partial charge in [0.05, 0.1) is 18.3 Å². The summed E-state index contributed by atoms with van der Waals surface area (Å²) >= 11 is 0. The first-order valence-corrected chi connectivity index (χ1v) is 38.1. The number of Topliss-reactive ketones (excluding diaryl/α,β-unsaturated/α-hetero) is 3. The van der Waals surface area contributed by atoms with Crippen molar-refractivity contribution in [1.29, 1.82) is 0 Å². The van der Waals surface area contributed by atoms with Gasteiger partial charge in [0.25, 0.3) is 7.82 Å². The Kier molecular flexibility index (Phi) is 28.5. The van der Waals surface area contributed by atoms with Gasteiger partial charge in [0, 0.05) is 53.9 Å². The number of phosphoric acid groups is 1. The Morgan fingerprint density at radius 3 is 1.13 bits per heavy atom. The number of hydrogen-bond donors (Lipinski definition) is 8. The average Bonchev–Trinajstić information content (AvgIpc) is 1.44. The summed E-state index contributed by atoms with van der Waals surface area (Å²) in [5, 5.41) is 96.6. The van der Waals surface area contributed by atoms with Gasteiger partial charge in [0.2, 0.25) is 5.78 Å². The number of carbonyl (C=O) groups excluding carboxylic acids is 9. The Morgan fingerprint density at radius 2 is 0.814 bits per heavy atom. The number of esters is 1. The molecule has 0 aliphatic heterocycles. The number of aliphatic hydroxyl groups is 7. The summed E-state index contributed by atoms with van der Waals surface area (Å²) in [6.07, 6.45) is 21.0. The van der Waals surface area contributed by atoms with E-state index in [0.29, 0.717) is 70.1 Å². The fourth-order valence-corrected chi connectivity index (χ4v) is 24.3. The van der Waals surface area contributed by atoms with E-state index in [-0.39, 0.29) is 201 Å². The number of carboxylic acids is 2. The number of allylic oxidation sites excluding steroid dienone is 3. The van der Waals surface area contributed by atoms with Crippen LogP contribution in [-0.2, 0) is 57.0 Å². The van der Waals surface area contributed by atoms with Gasteiger partial charge in [-0.2, -0.15) is 0 Å². The maximum atomic E-state index is 13.3. The molecular weight excluding hydrogens is 1370 g/mol. The molecule has 27 heteroatoms. The van der Waals surface area contributed by atoms with Crippen LogP contribution in [0.15, 0.2) is 34.9 Å². The van der Waals surface area contributed by atoms with Crippen molar-refractivity contribution in [2.75, 3.05) is 19.8 Å². The Balaban J connectivity index is 0.000000202. The molecular formula is C75H106Na3O23P. The molecule has 13 rings (SSSR count). The average molecular weight is 1480 g/mol. The quantitative estimate of drug-likeness (QED) is 0.0436. The Bertz CT molecular complexity index is 3350. The smallest absolute Gasteiger partial charge is 0.756 e. The van der Waals surface area contributed by atoms with Gasteiger partial charge >= 0.3 is 94.6 Å². The first-order chi connectivity index (χ1) is 46.2. The van der Waals surface area contributed by atoms with Crippen LogP contribution < -0.4 is 104 Å². The van der Waals surface area contributed by atoms with Crippen molar-refractivity contribution in [2.24, 2.45) is 91.7 Å². The van der Waals surface area contributed by atoms with E-state index in [1.807, 2.05) is 19.9 Å². The van der Waals surface area contributed by atoms with Crippen LogP contribution in [-0.4, -0.2) is 148 Å². The molecule has 0 radical (unpaired) electrons. The van der Waals surface area contributed by atoms with Crippen molar-refractivity contribution in [3.8, 4) is 0 Å². The van der Waals surface area contributed by atoms with Gasteiger partial charge in [-0.05, 0) is 228 Å². The molecule has 10 fully saturated rings. The SMILES string of the molecule is C[C@]12CCC(=O)C=C1CC[C@@H]1[C@@H]2[C@@H](O)C[C@@]2(C)[C@H]1CC[C@]2(O)C(=O)CO.C[C@]12CCC(=O)C=C1CC[C@@H]1[C@@H]2[C@@H](O)C[C@@]2(C)[C@H]1CC[C@]2(O)C(=O)COC(=O)CCC1CCCC1.C[C@]12CCC(=O)C=C1CC[C@@H]1[C@@H]2[C@@H](O)C[C@@]2(C)[C@H]1CC[C@]2(O)C(=O)COP(=O)([O-])O.O=C([O-])CCC(=O)[O-].[Na+].[Na+].[Na+]. The molecule has 552 valence electrons. The molecule has 0 aromatic carbocycles. The molecule has 13 aliphatic rings. The molecule has 0 heterocycles. The van der Waals surface area contributed by atoms with Crippen molar-refractivity contribution >= 4 is 60.4 Å². The van der Waals surface area contributed by atoms with E-state index >= 15 is 0 Å². The van der Waals surface area contributed by atoms with Gasteiger partial charge in [0.15, 0.2) is 35.5 Å². The second-order valence-corrected chi connectivity index (χ2v) is 34.9. The van der Waals surface area contributed by atoms with Crippen molar-refractivity contribution in [1.82, 2.24) is 0 Å². The predicted molar refractivity (Wildman–Crippen MR) is 348 cm³/mol. The van der Waals surface area contributed by atoms with Crippen molar-refractivity contribution in [2.45, 2.75) is 263 Å². The van der Waals surface area contributed by atoms with Crippen LogP contribution in [0.1, 0.15) is 228 Å². The zero-order valence-electron chi connectivity index (χ0n) is 61.5. The van der Waals surface area contributed by atoms with Crippen LogP contribution in [0.2, 0.25) is 0 Å². The van der Waals surface area contributed by atoms with Crippen LogP contribution in [0.4, 0.5) is 0 Å². The molecule has 23 nitrogen and oxygen atoms in total. The number of rotatable bonds is 15. The van der Waals surface area contributed by atoms with Crippen molar-refractivity contribution in [3.63, 3.8) is 0 Å². The normalized spacial score (nSPS) is 42.3. The van der Waals surface area contributed by atoms with E-state index in [4.69, 9.17) is 9.63 Å². The van der Waals surface area contributed by atoms with Crippen LogP contribution in [0, 0.1) is 91.7 Å². The molecule has 102 heavy (non-hydrogen) atoms. The monoisotopic (exact) mass is 1470 g/mol. The molecule has 13 aliphatic carbocycles. The summed E-state index contributed by atoms with van der Waals surface area (Å²) in [5.41, 5.74) is -4.49. The Morgan fingerprint density at radius 1 is 0.490 bits per heavy atom. The van der Waals surface area contributed by atoms with E-state index in [1.54, 1.807) is 19.1 Å². The maximum Gasteiger partial charge on any atom is 1.00 e. The van der Waals surface area contributed by atoms with E-state index in [1.165, 1.54) is 36.8 Å². The number of hydrogen-bond acceptors (Lipinski definition) is 22. The Hall–Kier alpha value is -1.52. The van der Waals surface area contributed by atoms with E-state index in [2.05, 4.69) is 25.3 Å². The van der Waals surface area contributed by atoms with Crippen molar-refractivity contribution in [3.05, 3.63) is 34.9 Å². The number of carboxylic acid groups (broad SMARTS) is 2. The van der Waals surface area contributed by atoms with Crippen LogP contribution >= 0.6 is 7.82 Å². The molecule has 0 saturated heterocycles. The second-order valence-electron chi connectivity index (χ2n) is 33.7. The number of carbonyl (C=O) groups is 9. The molecule has 0 spiro atoms. The second kappa shape index (κ2) is 33.2. The van der Waals surface area contributed by atoms with Gasteiger partial charge in [-0.25, -0.2) is 0 Å². The van der Waals surface area contributed by atoms with E-state index < -0.39 is 115 Å². The molecule has 8 N–H and O–H groups in total. The molecule has 0 amide bonds. The molecule has 0 aromatic heterocycles. The predicted octanol–water partition coefficient (Wildman–Crippen LogP) is -4.37. The van der Waals surface area contributed by atoms with Crippen LogP contribution in [0.5, 0.6) is 0 Å². The minimum atomic E-state index is -5.08. The molecule has 0 bridgehead atoms. The molecule has 22 atom stereocenters. The number of phosphoric ester groups is 1. The van der Waals surface area contributed by atoms with E-state index in [0.717, 1.165) is 76.2 Å². The fraction of sp³-hybridized carbons (Fsp3) is 0.800. The van der Waals surface area contributed by atoms with Gasteiger partial charge < -0.3 is 74.6 Å². The largest absolute Gasteiger partial charge is 1.00 e. The number of aliphatic hydroxyl groups excluding tert-OH is 4. The first-order valence-electron chi connectivity index (χ1n) is 36.6. The van der Waals surface area contributed by atoms with Gasteiger partial charge in [-0.15, -0.1) is 0 Å². The summed E-state index contributed by atoms with van der Waals surface area (Å²) in [6, 6.07) is 0. The third kappa shape index (κ3) is 16.0. The first kappa shape index (κ1) is 87.7. The molecule has 1 unspecified atom stereocenters. The number of ketones is 6. The van der Waals surface area contributed by atoms with E-state index in [9.17, 15) is 98.6 Å². The summed E-state index contributed by atoms with van der Waals surface area (Å²) in [4.78, 5) is 125. The van der Waals surface area contributed by atoms with Gasteiger partial charge in [0.1, 0.15) is 30.0 Å². The minimum absolute atomic E-state index is 0. The minimum Gasteiger partial charge on any atom is -0.756 e. The number of ether oxygens (including phenoxy) is 1. The number of fused-ring (bicyclic) bond motifs is 15. The fourth-order valence-electron chi connectivity index (χ4n) is 24.0.